The standard InChI is InChI=1S/C25H32O5/c1-5-16-13-21-19-7-6-17-12-18(27)8-10-23(17,3)20(19)9-11-24(21,4)25(16,29)22(28)14-30-15(2)26/h8-10,12,16,19,21,29H,5-7,11,13-14H2,1-4H3/t16?,19?,21?,23-,24-,25-/m0/s1. The van der Waals surface area contributed by atoms with Gasteiger partial charge in [0.15, 0.2) is 12.4 Å². The molecule has 4 aliphatic carbocycles. The lowest BCUT2D eigenvalue weighted by Gasteiger charge is -2.53. The highest BCUT2D eigenvalue weighted by atomic mass is 16.5. The molecular weight excluding hydrogens is 380 g/mol. The number of allylic oxidation sites excluding steroid dienone is 6. The van der Waals surface area contributed by atoms with Crippen molar-refractivity contribution in [3.05, 3.63) is 35.5 Å². The van der Waals surface area contributed by atoms with E-state index in [0.29, 0.717) is 12.8 Å². The quantitative estimate of drug-likeness (QED) is 0.562. The summed E-state index contributed by atoms with van der Waals surface area (Å²) in [4.78, 5) is 36.4. The molecule has 5 nitrogen and oxygen atoms in total. The molecule has 4 aliphatic rings. The van der Waals surface area contributed by atoms with Gasteiger partial charge < -0.3 is 9.84 Å². The van der Waals surface area contributed by atoms with Crippen LogP contribution >= 0.6 is 0 Å². The predicted octanol–water partition coefficient (Wildman–Crippen LogP) is 3.71. The number of hydrogen-bond donors (Lipinski definition) is 1. The van der Waals surface area contributed by atoms with E-state index >= 15 is 0 Å². The Balaban J connectivity index is 1.73. The van der Waals surface area contributed by atoms with Crippen LogP contribution in [0.4, 0.5) is 0 Å². The number of carbonyl (C=O) groups excluding carboxylic acids is 3. The summed E-state index contributed by atoms with van der Waals surface area (Å²) >= 11 is 0. The van der Waals surface area contributed by atoms with Crippen molar-refractivity contribution in [3.63, 3.8) is 0 Å². The minimum absolute atomic E-state index is 0.0551. The zero-order valence-electron chi connectivity index (χ0n) is 18.4. The van der Waals surface area contributed by atoms with E-state index in [1.807, 2.05) is 19.9 Å². The lowest BCUT2D eigenvalue weighted by Crippen LogP contribution is -2.58. The topological polar surface area (TPSA) is 80.7 Å². The molecule has 30 heavy (non-hydrogen) atoms. The third-order valence-corrected chi connectivity index (χ3v) is 8.66. The zero-order valence-corrected chi connectivity index (χ0v) is 18.4. The van der Waals surface area contributed by atoms with Gasteiger partial charge in [-0.2, -0.15) is 0 Å². The number of esters is 1. The van der Waals surface area contributed by atoms with Gasteiger partial charge in [-0.05, 0) is 62.5 Å². The zero-order chi connectivity index (χ0) is 21.9. The Morgan fingerprint density at radius 2 is 2.03 bits per heavy atom. The van der Waals surface area contributed by atoms with Crippen molar-refractivity contribution in [1.29, 1.82) is 0 Å². The molecule has 0 bridgehead atoms. The molecule has 5 heteroatoms. The number of fused-ring (bicyclic) bond motifs is 5. The van der Waals surface area contributed by atoms with Crippen LogP contribution in [-0.4, -0.2) is 34.9 Å². The van der Waals surface area contributed by atoms with Gasteiger partial charge in [-0.3, -0.25) is 14.4 Å². The predicted molar refractivity (Wildman–Crippen MR) is 112 cm³/mol. The van der Waals surface area contributed by atoms with E-state index in [1.165, 1.54) is 18.1 Å². The van der Waals surface area contributed by atoms with Gasteiger partial charge in [-0.1, -0.05) is 43.6 Å². The van der Waals surface area contributed by atoms with Crippen molar-refractivity contribution in [2.24, 2.45) is 28.6 Å². The van der Waals surface area contributed by atoms with E-state index in [1.54, 1.807) is 12.2 Å². The number of Topliss-reactive ketones (excluding diaryl/α,β-unsaturated/α-hetero) is 1. The Hall–Kier alpha value is -2.01. The Labute approximate surface area is 178 Å². The number of hydrogen-bond acceptors (Lipinski definition) is 5. The average Bonchev–Trinajstić information content (AvgIpc) is 2.94. The summed E-state index contributed by atoms with van der Waals surface area (Å²) in [6.07, 6.45) is 11.6. The van der Waals surface area contributed by atoms with Gasteiger partial charge in [-0.25, -0.2) is 0 Å². The summed E-state index contributed by atoms with van der Waals surface area (Å²) in [6.45, 7) is 7.15. The summed E-state index contributed by atoms with van der Waals surface area (Å²) in [5.41, 5.74) is 0.164. The average molecular weight is 413 g/mol. The second-order valence-electron chi connectivity index (χ2n) is 9.95. The lowest BCUT2D eigenvalue weighted by molar-refractivity contribution is -0.168. The van der Waals surface area contributed by atoms with Gasteiger partial charge in [0.05, 0.1) is 0 Å². The van der Waals surface area contributed by atoms with E-state index in [0.717, 1.165) is 19.3 Å². The molecule has 0 heterocycles. The maximum atomic E-state index is 13.2. The van der Waals surface area contributed by atoms with Crippen molar-refractivity contribution < 1.29 is 24.2 Å². The van der Waals surface area contributed by atoms with Gasteiger partial charge in [0.25, 0.3) is 0 Å². The fourth-order valence-electron chi connectivity index (χ4n) is 6.98. The maximum Gasteiger partial charge on any atom is 0.303 e. The highest BCUT2D eigenvalue weighted by Gasteiger charge is 2.67. The van der Waals surface area contributed by atoms with Crippen LogP contribution in [0.1, 0.15) is 59.8 Å². The molecule has 162 valence electrons. The van der Waals surface area contributed by atoms with Crippen LogP contribution < -0.4 is 0 Å². The number of rotatable bonds is 4. The molecule has 0 spiro atoms. The van der Waals surface area contributed by atoms with Crippen molar-refractivity contribution >= 4 is 17.5 Å². The second kappa shape index (κ2) is 7.01. The molecule has 0 amide bonds. The number of ketones is 2. The van der Waals surface area contributed by atoms with Crippen LogP contribution in [0.5, 0.6) is 0 Å². The Morgan fingerprint density at radius 1 is 1.30 bits per heavy atom. The Kier molecular flexibility index (Phi) is 4.96. The molecule has 4 rings (SSSR count). The van der Waals surface area contributed by atoms with Gasteiger partial charge in [0, 0.05) is 17.8 Å². The van der Waals surface area contributed by atoms with Crippen LogP contribution in [0.2, 0.25) is 0 Å². The number of ether oxygens (including phenoxy) is 1. The SMILES string of the molecule is CCC1CC2C3CCC4=CC(=O)C=C[C@]4(C)C3=CC[C@]2(C)[C@@]1(O)C(=O)COC(C)=O. The summed E-state index contributed by atoms with van der Waals surface area (Å²) < 4.78 is 4.99. The number of aliphatic hydroxyl groups is 1. The molecule has 0 saturated heterocycles. The largest absolute Gasteiger partial charge is 0.458 e. The highest BCUT2D eigenvalue weighted by molar-refractivity contribution is 6.01. The first kappa shape index (κ1) is 21.2. The van der Waals surface area contributed by atoms with Gasteiger partial charge in [-0.15, -0.1) is 0 Å². The fourth-order valence-corrected chi connectivity index (χ4v) is 6.98. The molecule has 6 atom stereocenters. The first-order valence-electron chi connectivity index (χ1n) is 11.1. The smallest absolute Gasteiger partial charge is 0.303 e. The first-order chi connectivity index (χ1) is 14.1. The van der Waals surface area contributed by atoms with Crippen LogP contribution in [0.15, 0.2) is 35.5 Å². The molecule has 0 radical (unpaired) electrons. The van der Waals surface area contributed by atoms with Crippen LogP contribution in [0.25, 0.3) is 0 Å². The van der Waals surface area contributed by atoms with Crippen molar-refractivity contribution in [2.75, 3.05) is 6.61 Å². The Morgan fingerprint density at radius 3 is 2.70 bits per heavy atom. The normalized spacial score (nSPS) is 41.9. The second-order valence-corrected chi connectivity index (χ2v) is 9.95. The van der Waals surface area contributed by atoms with Gasteiger partial charge in [0.1, 0.15) is 5.60 Å². The van der Waals surface area contributed by atoms with Crippen molar-refractivity contribution in [1.82, 2.24) is 0 Å². The van der Waals surface area contributed by atoms with E-state index < -0.39 is 17.0 Å². The fraction of sp³-hybridized carbons (Fsp3) is 0.640. The van der Waals surface area contributed by atoms with E-state index in [-0.39, 0.29) is 41.3 Å². The minimum Gasteiger partial charge on any atom is -0.458 e. The van der Waals surface area contributed by atoms with Crippen molar-refractivity contribution in [2.45, 2.75) is 65.4 Å². The van der Waals surface area contributed by atoms with E-state index in [2.05, 4.69) is 13.0 Å². The van der Waals surface area contributed by atoms with E-state index in [9.17, 15) is 19.5 Å². The molecule has 3 unspecified atom stereocenters. The molecule has 1 N–H and O–H groups in total. The molecule has 0 aromatic carbocycles. The molecule has 0 aromatic rings. The minimum atomic E-state index is -1.50. The molecule has 0 aromatic heterocycles. The monoisotopic (exact) mass is 412 g/mol. The van der Waals surface area contributed by atoms with Crippen LogP contribution in [0, 0.1) is 28.6 Å². The van der Waals surface area contributed by atoms with Gasteiger partial charge >= 0.3 is 5.97 Å². The third kappa shape index (κ3) is 2.74. The lowest BCUT2D eigenvalue weighted by atomic mass is 9.51. The molecule has 2 fully saturated rings. The molecule has 0 aliphatic heterocycles. The summed E-state index contributed by atoms with van der Waals surface area (Å²) in [6, 6.07) is 0. The van der Waals surface area contributed by atoms with Crippen molar-refractivity contribution in [3.8, 4) is 0 Å². The highest BCUT2D eigenvalue weighted by Crippen LogP contribution is 2.66. The van der Waals surface area contributed by atoms with Crippen LogP contribution in [0.3, 0.4) is 0 Å². The summed E-state index contributed by atoms with van der Waals surface area (Å²) in [5, 5.41) is 11.9. The van der Waals surface area contributed by atoms with Crippen LogP contribution in [-0.2, 0) is 19.1 Å². The first-order valence-corrected chi connectivity index (χ1v) is 11.1. The summed E-state index contributed by atoms with van der Waals surface area (Å²) in [5.74, 6) is -0.539. The maximum absolute atomic E-state index is 13.2. The van der Waals surface area contributed by atoms with Gasteiger partial charge in [0.2, 0.25) is 5.78 Å². The third-order valence-electron chi connectivity index (χ3n) is 8.66. The number of carbonyl (C=O) groups is 3. The van der Waals surface area contributed by atoms with E-state index in [4.69, 9.17) is 4.74 Å². The molecule has 2 saturated carbocycles. The Bertz CT molecular complexity index is 895. The summed E-state index contributed by atoms with van der Waals surface area (Å²) in [7, 11) is 0. The molecular formula is C25H32O5.